The highest BCUT2D eigenvalue weighted by atomic mass is 16.5. The zero-order valence-electron chi connectivity index (χ0n) is 9.02. The molecule has 0 bridgehead atoms. The molecular weight excluding hydrogens is 162 g/mol. The quantitative estimate of drug-likeness (QED) is 0.715. The average Bonchev–Trinajstić information content (AvgIpc) is 2.56. The van der Waals surface area contributed by atoms with Crippen molar-refractivity contribution >= 4 is 0 Å². The minimum atomic E-state index is 0.430. The summed E-state index contributed by atoms with van der Waals surface area (Å²) in [5, 5.41) is 3.57. The van der Waals surface area contributed by atoms with Gasteiger partial charge in [-0.05, 0) is 24.3 Å². The minimum Gasteiger partial charge on any atom is -0.380 e. The first-order chi connectivity index (χ1) is 6.02. The van der Waals surface area contributed by atoms with Gasteiger partial charge in [-0.2, -0.15) is 0 Å². The van der Waals surface area contributed by atoms with Crippen molar-refractivity contribution in [1.29, 1.82) is 0 Å². The molecule has 1 saturated heterocycles. The molecular formula is C11H21NO. The first kappa shape index (κ1) is 9.47. The first-order valence-corrected chi connectivity index (χ1v) is 5.30. The Morgan fingerprint density at radius 3 is 2.31 bits per heavy atom. The van der Waals surface area contributed by atoms with Gasteiger partial charge in [-0.1, -0.05) is 20.8 Å². The van der Waals surface area contributed by atoms with Crippen LogP contribution < -0.4 is 5.32 Å². The summed E-state index contributed by atoms with van der Waals surface area (Å²) in [5.41, 5.74) is 1.04. The van der Waals surface area contributed by atoms with Gasteiger partial charge in [-0.25, -0.2) is 0 Å². The van der Waals surface area contributed by atoms with E-state index in [9.17, 15) is 0 Å². The minimum absolute atomic E-state index is 0.430. The molecule has 0 amide bonds. The first-order valence-electron chi connectivity index (χ1n) is 5.30. The van der Waals surface area contributed by atoms with Crippen LogP contribution in [-0.2, 0) is 4.74 Å². The van der Waals surface area contributed by atoms with Crippen molar-refractivity contribution < 1.29 is 4.74 Å². The number of hydrogen-bond acceptors (Lipinski definition) is 2. The maximum absolute atomic E-state index is 5.21. The van der Waals surface area contributed by atoms with Crippen LogP contribution in [0.1, 0.15) is 27.2 Å². The Bertz CT molecular complexity index is 196. The molecule has 13 heavy (non-hydrogen) atoms. The van der Waals surface area contributed by atoms with E-state index in [-0.39, 0.29) is 0 Å². The second-order valence-corrected chi connectivity index (χ2v) is 5.82. The second kappa shape index (κ2) is 2.96. The fourth-order valence-electron chi connectivity index (χ4n) is 2.03. The molecule has 1 atom stereocenters. The lowest BCUT2D eigenvalue weighted by molar-refractivity contribution is -0.0990. The highest BCUT2D eigenvalue weighted by Gasteiger charge is 2.45. The largest absolute Gasteiger partial charge is 0.380 e. The zero-order valence-corrected chi connectivity index (χ0v) is 9.02. The van der Waals surface area contributed by atoms with Crippen LogP contribution in [0.25, 0.3) is 0 Å². The van der Waals surface area contributed by atoms with Crippen molar-refractivity contribution in [2.24, 2.45) is 16.7 Å². The van der Waals surface area contributed by atoms with Gasteiger partial charge in [-0.3, -0.25) is 0 Å². The molecule has 0 aromatic rings. The molecule has 0 aromatic heterocycles. The molecule has 2 nitrogen and oxygen atoms in total. The van der Waals surface area contributed by atoms with E-state index in [0.29, 0.717) is 10.8 Å². The van der Waals surface area contributed by atoms with Crippen LogP contribution in [0.4, 0.5) is 0 Å². The Morgan fingerprint density at radius 1 is 1.31 bits per heavy atom. The molecule has 0 radical (unpaired) electrons. The summed E-state index contributed by atoms with van der Waals surface area (Å²) in [5.74, 6) is 0.914. The van der Waals surface area contributed by atoms with E-state index < -0.39 is 0 Å². The fraction of sp³-hybridized carbons (Fsp3) is 1.00. The van der Waals surface area contributed by atoms with E-state index in [1.165, 1.54) is 13.0 Å². The van der Waals surface area contributed by atoms with Gasteiger partial charge in [0.15, 0.2) is 0 Å². The van der Waals surface area contributed by atoms with Crippen LogP contribution in [0.5, 0.6) is 0 Å². The summed E-state index contributed by atoms with van der Waals surface area (Å²) in [7, 11) is 0. The van der Waals surface area contributed by atoms with Gasteiger partial charge in [0.25, 0.3) is 0 Å². The van der Waals surface area contributed by atoms with E-state index >= 15 is 0 Å². The third-order valence-corrected chi connectivity index (χ3v) is 3.56. The topological polar surface area (TPSA) is 21.3 Å². The summed E-state index contributed by atoms with van der Waals surface area (Å²) in [4.78, 5) is 0. The van der Waals surface area contributed by atoms with Crippen LogP contribution in [0, 0.1) is 16.7 Å². The molecule has 1 heterocycles. The lowest BCUT2D eigenvalue weighted by atomic mass is 9.89. The summed E-state index contributed by atoms with van der Waals surface area (Å²) < 4.78 is 5.21. The molecule has 1 saturated carbocycles. The second-order valence-electron chi connectivity index (χ2n) is 5.82. The van der Waals surface area contributed by atoms with Crippen molar-refractivity contribution in [2.75, 3.05) is 26.3 Å². The number of hydrogen-bond donors (Lipinski definition) is 1. The summed E-state index contributed by atoms with van der Waals surface area (Å²) in [6, 6.07) is 0. The summed E-state index contributed by atoms with van der Waals surface area (Å²) >= 11 is 0. The Balaban J connectivity index is 1.60. The predicted octanol–water partition coefficient (Wildman–Crippen LogP) is 1.66. The van der Waals surface area contributed by atoms with E-state index in [1.807, 2.05) is 0 Å². The average molecular weight is 183 g/mol. The van der Waals surface area contributed by atoms with Gasteiger partial charge >= 0.3 is 0 Å². The maximum Gasteiger partial charge on any atom is 0.0554 e. The summed E-state index contributed by atoms with van der Waals surface area (Å²) in [6.07, 6.45) is 1.40. The van der Waals surface area contributed by atoms with Crippen LogP contribution in [0.15, 0.2) is 0 Å². The van der Waals surface area contributed by atoms with Gasteiger partial charge < -0.3 is 10.1 Å². The van der Waals surface area contributed by atoms with Crippen LogP contribution in [0.3, 0.4) is 0 Å². The number of ether oxygens (including phenoxy) is 1. The normalized spacial score (nSPS) is 33.9. The third kappa shape index (κ3) is 2.05. The lowest BCUT2D eigenvalue weighted by Crippen LogP contribution is -2.47. The van der Waals surface area contributed by atoms with Crippen molar-refractivity contribution in [1.82, 2.24) is 5.32 Å². The SMILES string of the molecule is CC1(CNCC2CC2(C)C)COC1. The number of rotatable bonds is 4. The van der Waals surface area contributed by atoms with Crippen LogP contribution in [-0.4, -0.2) is 26.3 Å². The van der Waals surface area contributed by atoms with Crippen LogP contribution >= 0.6 is 0 Å². The number of nitrogens with one attached hydrogen (secondary N) is 1. The fourth-order valence-corrected chi connectivity index (χ4v) is 2.03. The van der Waals surface area contributed by atoms with Gasteiger partial charge in [0.05, 0.1) is 13.2 Å². The zero-order chi connectivity index (χ0) is 9.53. The van der Waals surface area contributed by atoms with Gasteiger partial charge in [-0.15, -0.1) is 0 Å². The summed E-state index contributed by atoms with van der Waals surface area (Å²) in [6.45, 7) is 11.2. The highest BCUT2D eigenvalue weighted by molar-refractivity contribution is 4.96. The monoisotopic (exact) mass is 183 g/mol. The molecule has 1 N–H and O–H groups in total. The van der Waals surface area contributed by atoms with Crippen LogP contribution in [0.2, 0.25) is 0 Å². The van der Waals surface area contributed by atoms with E-state index in [0.717, 1.165) is 25.7 Å². The molecule has 1 aliphatic heterocycles. The van der Waals surface area contributed by atoms with Gasteiger partial charge in [0, 0.05) is 12.0 Å². The molecule has 76 valence electrons. The molecule has 2 rings (SSSR count). The molecule has 1 aliphatic carbocycles. The van der Waals surface area contributed by atoms with E-state index in [2.05, 4.69) is 26.1 Å². The van der Waals surface area contributed by atoms with Crippen molar-refractivity contribution in [3.8, 4) is 0 Å². The maximum atomic E-state index is 5.21. The molecule has 0 spiro atoms. The molecule has 1 unspecified atom stereocenters. The standard InChI is InChI=1S/C11H21NO/c1-10(2)4-9(10)5-12-6-11(3)7-13-8-11/h9,12H,4-8H2,1-3H3. The Hall–Kier alpha value is -0.0800. The van der Waals surface area contributed by atoms with Crippen molar-refractivity contribution in [3.63, 3.8) is 0 Å². The van der Waals surface area contributed by atoms with Crippen molar-refractivity contribution in [2.45, 2.75) is 27.2 Å². The van der Waals surface area contributed by atoms with E-state index in [4.69, 9.17) is 4.74 Å². The lowest BCUT2D eigenvalue weighted by Gasteiger charge is -2.38. The highest BCUT2D eigenvalue weighted by Crippen LogP contribution is 2.51. The predicted molar refractivity (Wildman–Crippen MR) is 53.7 cm³/mol. The molecule has 2 fully saturated rings. The van der Waals surface area contributed by atoms with Gasteiger partial charge in [0.1, 0.15) is 0 Å². The molecule has 2 aliphatic rings. The third-order valence-electron chi connectivity index (χ3n) is 3.56. The molecule has 0 aromatic carbocycles. The Morgan fingerprint density at radius 2 is 1.92 bits per heavy atom. The van der Waals surface area contributed by atoms with Crippen molar-refractivity contribution in [3.05, 3.63) is 0 Å². The van der Waals surface area contributed by atoms with E-state index in [1.54, 1.807) is 0 Å². The Labute approximate surface area is 81.0 Å². The smallest absolute Gasteiger partial charge is 0.0554 e. The Kier molecular flexibility index (Phi) is 2.16. The molecule has 2 heteroatoms. The van der Waals surface area contributed by atoms with Gasteiger partial charge in [0.2, 0.25) is 0 Å².